The van der Waals surface area contributed by atoms with Gasteiger partial charge in [0.25, 0.3) is 0 Å². The molecule has 2 nitrogen and oxygen atoms in total. The Morgan fingerprint density at radius 3 is 2.29 bits per heavy atom. The number of hydrogen-bond donors (Lipinski definition) is 1. The van der Waals surface area contributed by atoms with Gasteiger partial charge in [-0.25, -0.2) is 4.39 Å². The summed E-state index contributed by atoms with van der Waals surface area (Å²) >= 11 is 3.49. The van der Waals surface area contributed by atoms with Crippen LogP contribution in [0.2, 0.25) is 0 Å². The van der Waals surface area contributed by atoms with E-state index in [2.05, 4.69) is 48.5 Å². The van der Waals surface area contributed by atoms with Crippen molar-refractivity contribution < 1.29 is 4.39 Å². The minimum absolute atomic E-state index is 0.118. The van der Waals surface area contributed by atoms with Gasteiger partial charge >= 0.3 is 0 Å². The van der Waals surface area contributed by atoms with Gasteiger partial charge in [-0.3, -0.25) is 4.90 Å². The standard InChI is InChI=1S/C17H28BrFN2/c1-5-14(6-2)21(11-12(3)4)17(10-20)15-8-7-13(19)9-16(15)18/h7-9,12,14,17H,5-6,10-11,20H2,1-4H3. The van der Waals surface area contributed by atoms with Crippen molar-refractivity contribution >= 4 is 15.9 Å². The average Bonchev–Trinajstić information content (AvgIpc) is 2.42. The lowest BCUT2D eigenvalue weighted by Crippen LogP contribution is -2.43. The number of halogens is 2. The molecule has 1 atom stereocenters. The highest BCUT2D eigenvalue weighted by atomic mass is 79.9. The van der Waals surface area contributed by atoms with Crippen molar-refractivity contribution in [3.63, 3.8) is 0 Å². The Labute approximate surface area is 137 Å². The fourth-order valence-corrected chi connectivity index (χ4v) is 3.54. The molecule has 1 aromatic rings. The van der Waals surface area contributed by atoms with Gasteiger partial charge in [0.05, 0.1) is 0 Å². The first-order valence-electron chi connectivity index (χ1n) is 7.85. The normalized spacial score (nSPS) is 13.4. The number of nitrogens with zero attached hydrogens (tertiary/aromatic N) is 1. The number of hydrogen-bond acceptors (Lipinski definition) is 2. The largest absolute Gasteiger partial charge is 0.329 e. The van der Waals surface area contributed by atoms with Crippen molar-refractivity contribution in [2.24, 2.45) is 11.7 Å². The molecule has 0 radical (unpaired) electrons. The van der Waals surface area contributed by atoms with Gasteiger partial charge in [-0.05, 0) is 36.5 Å². The molecule has 0 aliphatic heterocycles. The second-order valence-corrected chi connectivity index (χ2v) is 6.83. The molecule has 4 heteroatoms. The van der Waals surface area contributed by atoms with E-state index < -0.39 is 0 Å². The van der Waals surface area contributed by atoms with E-state index in [9.17, 15) is 4.39 Å². The van der Waals surface area contributed by atoms with Crippen LogP contribution in [0.25, 0.3) is 0 Å². The molecular formula is C17H28BrFN2. The van der Waals surface area contributed by atoms with Crippen LogP contribution in [0.15, 0.2) is 22.7 Å². The predicted octanol–water partition coefficient (Wildman–Crippen LogP) is 4.73. The monoisotopic (exact) mass is 358 g/mol. The molecule has 0 saturated carbocycles. The smallest absolute Gasteiger partial charge is 0.124 e. The minimum Gasteiger partial charge on any atom is -0.329 e. The number of rotatable bonds is 8. The maximum Gasteiger partial charge on any atom is 0.124 e. The molecule has 0 saturated heterocycles. The zero-order valence-corrected chi connectivity index (χ0v) is 15.2. The quantitative estimate of drug-likeness (QED) is 0.727. The van der Waals surface area contributed by atoms with E-state index in [0.29, 0.717) is 18.5 Å². The van der Waals surface area contributed by atoms with Gasteiger partial charge in [0.15, 0.2) is 0 Å². The second kappa shape index (κ2) is 8.86. The lowest BCUT2D eigenvalue weighted by atomic mass is 9.99. The molecule has 0 bridgehead atoms. The van der Waals surface area contributed by atoms with Gasteiger partial charge in [-0.1, -0.05) is 49.7 Å². The van der Waals surface area contributed by atoms with E-state index in [1.807, 2.05) is 6.07 Å². The first-order valence-corrected chi connectivity index (χ1v) is 8.64. The Morgan fingerprint density at radius 1 is 1.24 bits per heavy atom. The van der Waals surface area contributed by atoms with E-state index in [4.69, 9.17) is 5.73 Å². The molecule has 0 aliphatic carbocycles. The van der Waals surface area contributed by atoms with E-state index in [-0.39, 0.29) is 11.9 Å². The molecule has 21 heavy (non-hydrogen) atoms. The van der Waals surface area contributed by atoms with E-state index in [0.717, 1.165) is 29.4 Å². The third-order valence-corrected chi connectivity index (χ3v) is 4.62. The highest BCUT2D eigenvalue weighted by molar-refractivity contribution is 9.10. The third kappa shape index (κ3) is 5.04. The Kier molecular flexibility index (Phi) is 7.85. The van der Waals surface area contributed by atoms with Crippen LogP contribution < -0.4 is 5.73 Å². The van der Waals surface area contributed by atoms with Crippen LogP contribution in [0.4, 0.5) is 4.39 Å². The highest BCUT2D eigenvalue weighted by Gasteiger charge is 2.26. The summed E-state index contributed by atoms with van der Waals surface area (Å²) in [6.07, 6.45) is 2.19. The molecule has 0 fully saturated rings. The van der Waals surface area contributed by atoms with Crippen LogP contribution in [-0.2, 0) is 0 Å². The summed E-state index contributed by atoms with van der Waals surface area (Å²) < 4.78 is 14.1. The lowest BCUT2D eigenvalue weighted by Gasteiger charge is -2.39. The molecule has 120 valence electrons. The zero-order valence-electron chi connectivity index (χ0n) is 13.6. The van der Waals surface area contributed by atoms with Crippen LogP contribution in [0.3, 0.4) is 0 Å². The van der Waals surface area contributed by atoms with Gasteiger partial charge in [0.1, 0.15) is 5.82 Å². The van der Waals surface area contributed by atoms with Gasteiger partial charge in [0.2, 0.25) is 0 Å². The molecule has 1 unspecified atom stereocenters. The first kappa shape index (κ1) is 18.6. The predicted molar refractivity (Wildman–Crippen MR) is 91.8 cm³/mol. The van der Waals surface area contributed by atoms with Crippen LogP contribution in [0, 0.1) is 11.7 Å². The Hall–Kier alpha value is -0.450. The fraction of sp³-hybridized carbons (Fsp3) is 0.647. The summed E-state index contributed by atoms with van der Waals surface area (Å²) in [5.41, 5.74) is 7.15. The fourth-order valence-electron chi connectivity index (χ4n) is 2.92. The topological polar surface area (TPSA) is 29.3 Å². The third-order valence-electron chi connectivity index (χ3n) is 3.93. The summed E-state index contributed by atoms with van der Waals surface area (Å²) in [7, 11) is 0. The van der Waals surface area contributed by atoms with Crippen molar-refractivity contribution in [1.29, 1.82) is 0 Å². The summed E-state index contributed by atoms with van der Waals surface area (Å²) in [5, 5.41) is 0. The van der Waals surface area contributed by atoms with Crippen molar-refractivity contribution in [1.82, 2.24) is 4.90 Å². The molecule has 1 rings (SSSR count). The van der Waals surface area contributed by atoms with Gasteiger partial charge in [-0.2, -0.15) is 0 Å². The van der Waals surface area contributed by atoms with Crippen molar-refractivity contribution in [3.05, 3.63) is 34.1 Å². The highest BCUT2D eigenvalue weighted by Crippen LogP contribution is 2.31. The maximum absolute atomic E-state index is 13.3. The van der Waals surface area contributed by atoms with Crippen LogP contribution >= 0.6 is 15.9 Å². The maximum atomic E-state index is 13.3. The molecular weight excluding hydrogens is 331 g/mol. The van der Waals surface area contributed by atoms with E-state index >= 15 is 0 Å². The second-order valence-electron chi connectivity index (χ2n) is 5.98. The van der Waals surface area contributed by atoms with Gasteiger partial charge in [-0.15, -0.1) is 0 Å². The van der Waals surface area contributed by atoms with Crippen LogP contribution in [-0.4, -0.2) is 24.0 Å². The molecule has 0 spiro atoms. The first-order chi connectivity index (χ1) is 9.94. The molecule has 0 aromatic heterocycles. The number of benzene rings is 1. The Morgan fingerprint density at radius 2 is 1.86 bits per heavy atom. The zero-order chi connectivity index (χ0) is 16.0. The number of nitrogens with two attached hydrogens (primary N) is 1. The summed E-state index contributed by atoms with van der Waals surface area (Å²) in [5.74, 6) is 0.346. The van der Waals surface area contributed by atoms with Crippen molar-refractivity contribution in [2.75, 3.05) is 13.1 Å². The molecule has 1 aromatic carbocycles. The molecule has 0 aliphatic rings. The molecule has 2 N–H and O–H groups in total. The SMILES string of the molecule is CCC(CC)N(CC(C)C)C(CN)c1ccc(F)cc1Br. The lowest BCUT2D eigenvalue weighted by molar-refractivity contribution is 0.112. The Balaban J connectivity index is 3.16. The van der Waals surface area contributed by atoms with E-state index in [1.54, 1.807) is 0 Å². The van der Waals surface area contributed by atoms with E-state index in [1.165, 1.54) is 12.1 Å². The van der Waals surface area contributed by atoms with Crippen molar-refractivity contribution in [3.8, 4) is 0 Å². The van der Waals surface area contributed by atoms with Crippen molar-refractivity contribution in [2.45, 2.75) is 52.6 Å². The average molecular weight is 359 g/mol. The minimum atomic E-state index is -0.223. The molecule has 0 amide bonds. The van der Waals surface area contributed by atoms with Gasteiger partial charge < -0.3 is 5.73 Å². The summed E-state index contributed by atoms with van der Waals surface area (Å²) in [6, 6.07) is 5.51. The van der Waals surface area contributed by atoms with Crippen LogP contribution in [0.5, 0.6) is 0 Å². The molecule has 0 heterocycles. The Bertz CT molecular complexity index is 433. The van der Waals surface area contributed by atoms with Crippen LogP contribution in [0.1, 0.15) is 52.1 Å². The van der Waals surface area contributed by atoms with Gasteiger partial charge in [0, 0.05) is 29.6 Å². The summed E-state index contributed by atoms with van der Waals surface area (Å²) in [4.78, 5) is 2.49. The summed E-state index contributed by atoms with van der Waals surface area (Å²) in [6.45, 7) is 10.4.